The number of benzene rings is 1. The minimum absolute atomic E-state index is 0.464. The van der Waals surface area contributed by atoms with Gasteiger partial charge in [0, 0.05) is 23.9 Å². The molecule has 0 bridgehead atoms. The van der Waals surface area contributed by atoms with E-state index in [1.807, 2.05) is 48.5 Å². The lowest BCUT2D eigenvalue weighted by atomic mass is 10.2. The maximum Gasteiger partial charge on any atom is 0.200 e. The number of aromatic nitrogens is 4. The Balaban J connectivity index is 1.52. The Kier molecular flexibility index (Phi) is 5.11. The molecule has 0 saturated carbocycles. The van der Waals surface area contributed by atoms with Gasteiger partial charge in [0.1, 0.15) is 0 Å². The zero-order valence-corrected chi connectivity index (χ0v) is 16.0. The van der Waals surface area contributed by atoms with Crippen LogP contribution in [0.4, 0.5) is 0 Å². The highest BCUT2D eigenvalue weighted by atomic mass is 32.2. The van der Waals surface area contributed by atoms with E-state index in [1.165, 1.54) is 0 Å². The first-order valence-corrected chi connectivity index (χ1v) is 9.80. The largest absolute Gasteiger partial charge is 0.461 e. The molecule has 3 aromatic heterocycles. The highest BCUT2D eigenvalue weighted by Crippen LogP contribution is 2.28. The molecule has 27 heavy (non-hydrogen) atoms. The molecule has 0 amide bonds. The summed E-state index contributed by atoms with van der Waals surface area (Å²) in [5.74, 6) is 3.37. The van der Waals surface area contributed by atoms with Crippen molar-refractivity contribution in [1.29, 1.82) is 0 Å². The number of hydrogen-bond acceptors (Lipinski definition) is 6. The number of thioether (sulfide) groups is 1. The lowest BCUT2D eigenvalue weighted by molar-refractivity contribution is 0.426. The number of nitrogens with zero attached hydrogens (tertiary/aromatic N) is 4. The Morgan fingerprint density at radius 1 is 1.04 bits per heavy atom. The van der Waals surface area contributed by atoms with Crippen LogP contribution in [0.15, 0.2) is 68.9 Å². The third-order valence-electron chi connectivity index (χ3n) is 3.97. The molecule has 4 aromatic rings. The van der Waals surface area contributed by atoms with E-state index in [4.69, 9.17) is 8.94 Å². The lowest BCUT2D eigenvalue weighted by Gasteiger charge is -2.10. The van der Waals surface area contributed by atoms with E-state index in [1.54, 1.807) is 18.0 Å². The molecule has 3 heterocycles. The highest BCUT2D eigenvalue weighted by molar-refractivity contribution is 7.98. The minimum Gasteiger partial charge on any atom is -0.461 e. The van der Waals surface area contributed by atoms with Gasteiger partial charge in [-0.15, -0.1) is 10.2 Å². The van der Waals surface area contributed by atoms with Crippen molar-refractivity contribution in [3.8, 4) is 22.9 Å². The normalized spacial score (nSPS) is 11.4. The maximum atomic E-state index is 5.51. The van der Waals surface area contributed by atoms with Crippen LogP contribution in [-0.2, 0) is 12.3 Å². The number of furan rings is 1. The van der Waals surface area contributed by atoms with Crippen LogP contribution in [0.5, 0.6) is 0 Å². The summed E-state index contributed by atoms with van der Waals surface area (Å²) in [5.41, 5.74) is 1.89. The van der Waals surface area contributed by atoms with Gasteiger partial charge in [0.25, 0.3) is 0 Å². The molecule has 1 aromatic carbocycles. The van der Waals surface area contributed by atoms with E-state index in [0.717, 1.165) is 40.3 Å². The third kappa shape index (κ3) is 3.98. The predicted molar refractivity (Wildman–Crippen MR) is 104 cm³/mol. The molecule has 6 nitrogen and oxygen atoms in total. The summed E-state index contributed by atoms with van der Waals surface area (Å²) in [4.78, 5) is 0. The Hall–Kier alpha value is -2.80. The molecular formula is C20H20N4O2S. The molecule has 4 rings (SSSR count). The van der Waals surface area contributed by atoms with Gasteiger partial charge in [0.2, 0.25) is 0 Å². The molecular weight excluding hydrogens is 360 g/mol. The summed E-state index contributed by atoms with van der Waals surface area (Å²) in [6, 6.07) is 15.7. The quantitative estimate of drug-likeness (QED) is 0.413. The average Bonchev–Trinajstić information content (AvgIpc) is 3.41. The molecule has 0 aliphatic heterocycles. The summed E-state index contributed by atoms with van der Waals surface area (Å²) < 4.78 is 13.1. The van der Waals surface area contributed by atoms with Gasteiger partial charge in [-0.1, -0.05) is 61.1 Å². The van der Waals surface area contributed by atoms with Gasteiger partial charge in [-0.05, 0) is 18.1 Å². The second kappa shape index (κ2) is 7.84. The van der Waals surface area contributed by atoms with Gasteiger partial charge >= 0.3 is 0 Å². The van der Waals surface area contributed by atoms with Crippen molar-refractivity contribution in [2.24, 2.45) is 5.92 Å². The van der Waals surface area contributed by atoms with E-state index in [-0.39, 0.29) is 0 Å². The standard InChI is InChI=1S/C20H20N4O2S/c1-14(2)12-24-19(17-9-6-10-25-17)21-22-20(24)27-13-16-11-18(26-23-16)15-7-4-3-5-8-15/h3-11,14H,12-13H2,1-2H3. The molecule has 0 atom stereocenters. The summed E-state index contributed by atoms with van der Waals surface area (Å²) in [5, 5.41) is 13.7. The Morgan fingerprint density at radius 3 is 2.63 bits per heavy atom. The van der Waals surface area contributed by atoms with Crippen molar-refractivity contribution in [1.82, 2.24) is 19.9 Å². The Bertz CT molecular complexity index is 990. The minimum atomic E-state index is 0.464. The summed E-state index contributed by atoms with van der Waals surface area (Å²) in [6.07, 6.45) is 1.65. The third-order valence-corrected chi connectivity index (χ3v) is 4.97. The molecule has 0 aliphatic carbocycles. The zero-order chi connectivity index (χ0) is 18.6. The smallest absolute Gasteiger partial charge is 0.200 e. The highest BCUT2D eigenvalue weighted by Gasteiger charge is 2.18. The fourth-order valence-corrected chi connectivity index (χ4v) is 3.60. The van der Waals surface area contributed by atoms with Crippen LogP contribution >= 0.6 is 11.8 Å². The van der Waals surface area contributed by atoms with Crippen LogP contribution in [0.25, 0.3) is 22.9 Å². The van der Waals surface area contributed by atoms with Crippen molar-refractivity contribution < 1.29 is 8.94 Å². The lowest BCUT2D eigenvalue weighted by Crippen LogP contribution is -2.07. The molecule has 0 aliphatic rings. The van der Waals surface area contributed by atoms with E-state index >= 15 is 0 Å². The molecule has 0 saturated heterocycles. The average molecular weight is 380 g/mol. The van der Waals surface area contributed by atoms with Crippen LogP contribution < -0.4 is 0 Å². The maximum absolute atomic E-state index is 5.51. The summed E-state index contributed by atoms with van der Waals surface area (Å²) in [6.45, 7) is 5.16. The summed E-state index contributed by atoms with van der Waals surface area (Å²) >= 11 is 1.59. The van der Waals surface area contributed by atoms with Gasteiger partial charge in [-0.25, -0.2) is 0 Å². The first kappa shape index (κ1) is 17.6. The molecule has 0 spiro atoms. The molecule has 0 unspecified atom stereocenters. The van der Waals surface area contributed by atoms with E-state index in [2.05, 4.69) is 33.8 Å². The predicted octanol–water partition coefficient (Wildman–Crippen LogP) is 5.14. The Morgan fingerprint density at radius 2 is 1.89 bits per heavy atom. The van der Waals surface area contributed by atoms with Crippen LogP contribution in [0.2, 0.25) is 0 Å². The van der Waals surface area contributed by atoms with Crippen molar-refractivity contribution in [3.05, 3.63) is 60.5 Å². The van der Waals surface area contributed by atoms with E-state index in [9.17, 15) is 0 Å². The van der Waals surface area contributed by atoms with Crippen LogP contribution in [0.1, 0.15) is 19.5 Å². The first-order valence-electron chi connectivity index (χ1n) is 8.81. The van der Waals surface area contributed by atoms with Crippen molar-refractivity contribution in [2.45, 2.75) is 31.3 Å². The fraction of sp³-hybridized carbons (Fsp3) is 0.250. The second-order valence-corrected chi connectivity index (χ2v) is 7.57. The molecule has 0 N–H and O–H groups in total. The zero-order valence-electron chi connectivity index (χ0n) is 15.2. The van der Waals surface area contributed by atoms with Crippen LogP contribution in [-0.4, -0.2) is 19.9 Å². The fourth-order valence-electron chi connectivity index (χ4n) is 2.77. The molecule has 7 heteroatoms. The van der Waals surface area contributed by atoms with E-state index in [0.29, 0.717) is 11.7 Å². The second-order valence-electron chi connectivity index (χ2n) is 6.63. The first-order chi connectivity index (χ1) is 13.2. The van der Waals surface area contributed by atoms with Gasteiger partial charge in [0.05, 0.1) is 12.0 Å². The monoisotopic (exact) mass is 380 g/mol. The van der Waals surface area contributed by atoms with E-state index < -0.39 is 0 Å². The van der Waals surface area contributed by atoms with Gasteiger partial charge in [-0.3, -0.25) is 4.57 Å². The number of hydrogen-bond donors (Lipinski definition) is 0. The van der Waals surface area contributed by atoms with Crippen LogP contribution in [0, 0.1) is 5.92 Å². The molecule has 138 valence electrons. The SMILES string of the molecule is CC(C)Cn1c(SCc2cc(-c3ccccc3)on2)nnc1-c1ccco1. The van der Waals surface area contributed by atoms with Crippen molar-refractivity contribution in [3.63, 3.8) is 0 Å². The topological polar surface area (TPSA) is 69.9 Å². The number of rotatable bonds is 7. The molecule has 0 fully saturated rings. The van der Waals surface area contributed by atoms with Gasteiger partial charge in [-0.2, -0.15) is 0 Å². The summed E-state index contributed by atoms with van der Waals surface area (Å²) in [7, 11) is 0. The van der Waals surface area contributed by atoms with Crippen molar-refractivity contribution >= 4 is 11.8 Å². The van der Waals surface area contributed by atoms with Gasteiger partial charge < -0.3 is 8.94 Å². The van der Waals surface area contributed by atoms with Gasteiger partial charge in [0.15, 0.2) is 22.5 Å². The van der Waals surface area contributed by atoms with Crippen LogP contribution in [0.3, 0.4) is 0 Å². The molecule has 0 radical (unpaired) electrons. The van der Waals surface area contributed by atoms with Crippen molar-refractivity contribution in [2.75, 3.05) is 0 Å². The Labute approximate surface area is 161 Å².